The van der Waals surface area contributed by atoms with Crippen molar-refractivity contribution in [1.29, 1.82) is 0 Å². The Labute approximate surface area is 130 Å². The smallest absolute Gasteiger partial charge is 0.223 e. The maximum Gasteiger partial charge on any atom is 0.223 e. The predicted octanol–water partition coefficient (Wildman–Crippen LogP) is 3.42. The van der Waals surface area contributed by atoms with E-state index in [2.05, 4.69) is 37.7 Å². The Bertz CT molecular complexity index is 389. The van der Waals surface area contributed by atoms with Crippen LogP contribution in [0.2, 0.25) is 0 Å². The number of carbonyl (C=O) groups is 1. The molecule has 0 aromatic carbocycles. The Kier molecular flexibility index (Phi) is 5.34. The second-order valence-electron chi connectivity index (χ2n) is 7.51. The van der Waals surface area contributed by atoms with E-state index >= 15 is 0 Å². The minimum Gasteiger partial charge on any atom is -0.378 e. The number of hydrogen-bond donors (Lipinski definition) is 1. The van der Waals surface area contributed by atoms with E-state index in [1.54, 1.807) is 0 Å². The summed E-state index contributed by atoms with van der Waals surface area (Å²) in [4.78, 5) is 14.5. The molecule has 2 rings (SSSR count). The number of amides is 1. The molecule has 0 bridgehead atoms. The Morgan fingerprint density at radius 1 is 1.38 bits per heavy atom. The molecule has 0 aromatic rings. The summed E-state index contributed by atoms with van der Waals surface area (Å²) in [5.74, 6) is 2.48. The van der Waals surface area contributed by atoms with Crippen molar-refractivity contribution in [2.75, 3.05) is 13.6 Å². The number of hydrogen-bond acceptors (Lipinski definition) is 2. The molecule has 0 spiro atoms. The van der Waals surface area contributed by atoms with Crippen LogP contribution in [0.25, 0.3) is 0 Å². The SMILES string of the molecule is C=C(C)N(C)C[C@@H]1C[C@@H]1C(C)C(=O)NC(C)CC1CCC1. The van der Waals surface area contributed by atoms with E-state index in [4.69, 9.17) is 0 Å². The van der Waals surface area contributed by atoms with Gasteiger partial charge in [-0.1, -0.05) is 32.8 Å². The summed E-state index contributed by atoms with van der Waals surface area (Å²) in [6.45, 7) is 11.3. The van der Waals surface area contributed by atoms with Gasteiger partial charge >= 0.3 is 0 Å². The molecule has 2 unspecified atom stereocenters. The molecule has 3 heteroatoms. The Morgan fingerprint density at radius 2 is 2.05 bits per heavy atom. The summed E-state index contributed by atoms with van der Waals surface area (Å²) < 4.78 is 0. The van der Waals surface area contributed by atoms with Crippen LogP contribution in [0.4, 0.5) is 0 Å². The minimum absolute atomic E-state index is 0.150. The van der Waals surface area contributed by atoms with Crippen LogP contribution in [-0.4, -0.2) is 30.4 Å². The number of allylic oxidation sites excluding steroid dienone is 1. The lowest BCUT2D eigenvalue weighted by Gasteiger charge is -2.29. The highest BCUT2D eigenvalue weighted by atomic mass is 16.1. The van der Waals surface area contributed by atoms with Crippen LogP contribution in [0.5, 0.6) is 0 Å². The van der Waals surface area contributed by atoms with Gasteiger partial charge in [0, 0.05) is 31.2 Å². The van der Waals surface area contributed by atoms with Crippen LogP contribution >= 0.6 is 0 Å². The van der Waals surface area contributed by atoms with Crippen molar-refractivity contribution in [2.45, 2.75) is 58.9 Å². The van der Waals surface area contributed by atoms with Gasteiger partial charge in [0.2, 0.25) is 5.91 Å². The monoisotopic (exact) mass is 292 g/mol. The third-order valence-electron chi connectivity index (χ3n) is 5.49. The van der Waals surface area contributed by atoms with Crippen molar-refractivity contribution in [1.82, 2.24) is 10.2 Å². The summed E-state index contributed by atoms with van der Waals surface area (Å²) in [6, 6.07) is 0.334. The Hall–Kier alpha value is -0.990. The van der Waals surface area contributed by atoms with Crippen molar-refractivity contribution in [2.24, 2.45) is 23.7 Å². The standard InChI is InChI=1S/C18H32N2O/c1-12(2)20(5)11-16-10-17(16)14(4)18(21)19-13(3)9-15-7-6-8-15/h13-17H,1,6-11H2,2-5H3,(H,19,21)/t13?,14?,16-,17+/m0/s1. The zero-order valence-corrected chi connectivity index (χ0v) is 14.2. The summed E-state index contributed by atoms with van der Waals surface area (Å²) >= 11 is 0. The van der Waals surface area contributed by atoms with Gasteiger partial charge < -0.3 is 10.2 Å². The molecule has 2 fully saturated rings. The summed E-state index contributed by atoms with van der Waals surface area (Å²) in [6.07, 6.45) is 6.43. The van der Waals surface area contributed by atoms with Gasteiger partial charge in [-0.05, 0) is 44.4 Å². The normalized spacial score (nSPS) is 27.4. The van der Waals surface area contributed by atoms with Crippen LogP contribution in [0, 0.1) is 23.7 Å². The first kappa shape index (κ1) is 16.4. The van der Waals surface area contributed by atoms with Gasteiger partial charge in [0.05, 0.1) is 0 Å². The van der Waals surface area contributed by atoms with Crippen LogP contribution in [0.3, 0.4) is 0 Å². The van der Waals surface area contributed by atoms with E-state index in [-0.39, 0.29) is 11.8 Å². The van der Waals surface area contributed by atoms with E-state index in [9.17, 15) is 4.79 Å². The maximum atomic E-state index is 12.3. The highest BCUT2D eigenvalue weighted by molar-refractivity contribution is 5.79. The van der Waals surface area contributed by atoms with Crippen molar-refractivity contribution >= 4 is 5.91 Å². The topological polar surface area (TPSA) is 32.3 Å². The fraction of sp³-hybridized carbons (Fsp3) is 0.833. The zero-order chi connectivity index (χ0) is 15.6. The second-order valence-corrected chi connectivity index (χ2v) is 7.51. The molecule has 21 heavy (non-hydrogen) atoms. The van der Waals surface area contributed by atoms with Crippen LogP contribution in [0.15, 0.2) is 12.3 Å². The molecule has 120 valence electrons. The molecule has 0 aliphatic heterocycles. The lowest BCUT2D eigenvalue weighted by Crippen LogP contribution is -2.39. The van der Waals surface area contributed by atoms with Gasteiger partial charge in [0.15, 0.2) is 0 Å². The van der Waals surface area contributed by atoms with Crippen LogP contribution in [-0.2, 0) is 4.79 Å². The molecule has 0 radical (unpaired) electrons. The fourth-order valence-corrected chi connectivity index (χ4v) is 3.46. The molecule has 0 saturated heterocycles. The predicted molar refractivity (Wildman–Crippen MR) is 87.8 cm³/mol. The highest BCUT2D eigenvalue weighted by Gasteiger charge is 2.44. The average Bonchev–Trinajstić information content (AvgIpc) is 3.11. The molecule has 1 amide bonds. The average molecular weight is 292 g/mol. The van der Waals surface area contributed by atoms with Crippen LogP contribution < -0.4 is 5.32 Å². The first-order chi connectivity index (χ1) is 9.88. The van der Waals surface area contributed by atoms with Crippen molar-refractivity contribution in [3.63, 3.8) is 0 Å². The molecule has 2 aliphatic rings. The lowest BCUT2D eigenvalue weighted by molar-refractivity contribution is -0.126. The van der Waals surface area contributed by atoms with E-state index < -0.39 is 0 Å². The number of nitrogens with one attached hydrogen (secondary N) is 1. The van der Waals surface area contributed by atoms with Gasteiger partial charge in [0.25, 0.3) is 0 Å². The van der Waals surface area contributed by atoms with Crippen molar-refractivity contribution < 1.29 is 4.79 Å². The van der Waals surface area contributed by atoms with E-state index in [1.165, 1.54) is 25.7 Å². The molecule has 2 saturated carbocycles. The lowest BCUT2D eigenvalue weighted by atomic mass is 9.81. The minimum atomic E-state index is 0.150. The Morgan fingerprint density at radius 3 is 2.57 bits per heavy atom. The zero-order valence-electron chi connectivity index (χ0n) is 14.2. The van der Waals surface area contributed by atoms with E-state index in [0.29, 0.717) is 17.9 Å². The van der Waals surface area contributed by atoms with Crippen molar-refractivity contribution in [3.8, 4) is 0 Å². The number of rotatable bonds is 8. The van der Waals surface area contributed by atoms with Gasteiger partial charge in [-0.15, -0.1) is 0 Å². The van der Waals surface area contributed by atoms with Crippen molar-refractivity contribution in [3.05, 3.63) is 12.3 Å². The highest BCUT2D eigenvalue weighted by Crippen LogP contribution is 2.45. The molecule has 0 aromatic heterocycles. The van der Waals surface area contributed by atoms with Gasteiger partial charge in [-0.3, -0.25) is 4.79 Å². The molecule has 1 N–H and O–H groups in total. The summed E-state index contributed by atoms with van der Waals surface area (Å²) in [5.41, 5.74) is 1.10. The van der Waals surface area contributed by atoms with Gasteiger partial charge in [-0.25, -0.2) is 0 Å². The van der Waals surface area contributed by atoms with Gasteiger partial charge in [-0.2, -0.15) is 0 Å². The Balaban J connectivity index is 1.69. The van der Waals surface area contributed by atoms with E-state index in [0.717, 1.165) is 24.6 Å². The molecule has 2 aliphatic carbocycles. The number of carbonyl (C=O) groups excluding carboxylic acids is 1. The largest absolute Gasteiger partial charge is 0.378 e. The molecular formula is C18H32N2O. The van der Waals surface area contributed by atoms with E-state index in [1.807, 2.05) is 6.92 Å². The second kappa shape index (κ2) is 6.85. The molecule has 0 heterocycles. The molecule has 4 atom stereocenters. The van der Waals surface area contributed by atoms with Crippen LogP contribution in [0.1, 0.15) is 52.9 Å². The first-order valence-corrected chi connectivity index (χ1v) is 8.55. The maximum absolute atomic E-state index is 12.3. The quantitative estimate of drug-likeness (QED) is 0.743. The molecule has 3 nitrogen and oxygen atoms in total. The summed E-state index contributed by atoms with van der Waals surface area (Å²) in [5, 5.41) is 3.23. The fourth-order valence-electron chi connectivity index (χ4n) is 3.46. The summed E-state index contributed by atoms with van der Waals surface area (Å²) in [7, 11) is 2.09. The third kappa shape index (κ3) is 4.49. The first-order valence-electron chi connectivity index (χ1n) is 8.55. The molecular weight excluding hydrogens is 260 g/mol. The number of nitrogens with zero attached hydrogens (tertiary/aromatic N) is 1. The third-order valence-corrected chi connectivity index (χ3v) is 5.49. The van der Waals surface area contributed by atoms with Gasteiger partial charge in [0.1, 0.15) is 0 Å².